The highest BCUT2D eigenvalue weighted by Crippen LogP contribution is 2.52. The minimum absolute atomic E-state index is 0.0283. The molecule has 1 aliphatic carbocycles. The van der Waals surface area contributed by atoms with E-state index < -0.39 is 40.3 Å². The van der Waals surface area contributed by atoms with Gasteiger partial charge in [0.05, 0.1) is 31.1 Å². The van der Waals surface area contributed by atoms with E-state index in [2.05, 4.69) is 0 Å². The number of ether oxygens (including phenoxy) is 1. The first-order chi connectivity index (χ1) is 15.9. The average molecular weight is 476 g/mol. The molecule has 0 bridgehead atoms. The van der Waals surface area contributed by atoms with Gasteiger partial charge in [0.25, 0.3) is 11.8 Å². The van der Waals surface area contributed by atoms with Crippen molar-refractivity contribution in [2.24, 2.45) is 5.41 Å². The lowest BCUT2D eigenvalue weighted by Crippen LogP contribution is -2.66. The number of allylic oxidation sites excluding steroid dienone is 1. The maximum atomic E-state index is 14.8. The standard InChI is InChI=1S/C24H23F3N2O5/c1-22(2)11-16-19(17(30)12-22)23(24(25,26)27,21(32)29(16)13-14-7-6-10-34-14)28-20(31)15-8-4-5-9-18(15)33-3/h4-10H,11-13H2,1-3H3,(H,28,31)/t23-/m1/s1. The van der Waals surface area contributed by atoms with Gasteiger partial charge in [-0.3, -0.25) is 14.4 Å². The van der Waals surface area contributed by atoms with Gasteiger partial charge in [-0.1, -0.05) is 26.0 Å². The summed E-state index contributed by atoms with van der Waals surface area (Å²) < 4.78 is 54.8. The molecular weight excluding hydrogens is 453 g/mol. The predicted octanol–water partition coefficient (Wildman–Crippen LogP) is 4.00. The van der Waals surface area contributed by atoms with Crippen molar-refractivity contribution in [3.63, 3.8) is 0 Å². The van der Waals surface area contributed by atoms with Crippen LogP contribution >= 0.6 is 0 Å². The number of carbonyl (C=O) groups is 3. The van der Waals surface area contributed by atoms with Gasteiger partial charge in [-0.25, -0.2) is 0 Å². The van der Waals surface area contributed by atoms with Gasteiger partial charge < -0.3 is 19.4 Å². The average Bonchev–Trinajstić information content (AvgIpc) is 3.34. The first-order valence-corrected chi connectivity index (χ1v) is 10.5. The SMILES string of the molecule is COc1ccccc1C(=O)N[C@@]1(C(F)(F)F)C(=O)N(Cc2ccco2)C2=C1C(=O)CC(C)(C)C2. The number of rotatable bonds is 5. The molecule has 1 N–H and O–H groups in total. The lowest BCUT2D eigenvalue weighted by Gasteiger charge is -2.35. The smallest absolute Gasteiger partial charge is 0.425 e. The Morgan fingerprint density at radius 3 is 2.47 bits per heavy atom. The van der Waals surface area contributed by atoms with Gasteiger partial charge in [0.2, 0.25) is 5.54 Å². The Kier molecular flexibility index (Phi) is 5.58. The monoisotopic (exact) mass is 476 g/mol. The van der Waals surface area contributed by atoms with Crippen LogP contribution < -0.4 is 10.1 Å². The van der Waals surface area contributed by atoms with Crippen molar-refractivity contribution < 1.29 is 36.7 Å². The molecule has 1 aromatic carbocycles. The molecule has 1 atom stereocenters. The van der Waals surface area contributed by atoms with E-state index in [1.165, 1.54) is 37.6 Å². The maximum Gasteiger partial charge on any atom is 0.425 e. The molecule has 0 saturated carbocycles. The zero-order valence-electron chi connectivity index (χ0n) is 18.8. The Labute approximate surface area is 193 Å². The Hall–Kier alpha value is -3.56. The van der Waals surface area contributed by atoms with Crippen LogP contribution in [0.5, 0.6) is 5.75 Å². The highest BCUT2D eigenvalue weighted by Gasteiger charge is 2.71. The number of hydrogen-bond donors (Lipinski definition) is 1. The van der Waals surface area contributed by atoms with Crippen LogP contribution in [-0.4, -0.2) is 41.3 Å². The van der Waals surface area contributed by atoms with Crippen molar-refractivity contribution in [3.05, 3.63) is 65.3 Å². The van der Waals surface area contributed by atoms with Crippen molar-refractivity contribution >= 4 is 17.6 Å². The van der Waals surface area contributed by atoms with Crippen molar-refractivity contribution in [1.82, 2.24) is 10.2 Å². The van der Waals surface area contributed by atoms with Gasteiger partial charge in [-0.05, 0) is 36.1 Å². The number of halogens is 3. The highest BCUT2D eigenvalue weighted by molar-refractivity contribution is 6.14. The van der Waals surface area contributed by atoms with Crippen LogP contribution in [0.4, 0.5) is 13.2 Å². The molecule has 2 aliphatic rings. The first kappa shape index (κ1) is 23.6. The Morgan fingerprint density at radius 2 is 1.85 bits per heavy atom. The fourth-order valence-electron chi connectivity index (χ4n) is 4.62. The molecule has 0 unspecified atom stereocenters. The summed E-state index contributed by atoms with van der Waals surface area (Å²) in [5.41, 5.74) is -5.19. The number of nitrogens with zero attached hydrogens (tertiary/aromatic N) is 1. The molecule has 10 heteroatoms. The summed E-state index contributed by atoms with van der Waals surface area (Å²) in [5.74, 6) is -3.20. The summed E-state index contributed by atoms with van der Waals surface area (Å²) in [4.78, 5) is 40.7. The number of alkyl halides is 3. The predicted molar refractivity (Wildman–Crippen MR) is 114 cm³/mol. The molecule has 0 radical (unpaired) electrons. The number of Topliss-reactive ketones (excluding diaryl/α,β-unsaturated/α-hetero) is 1. The largest absolute Gasteiger partial charge is 0.496 e. The second-order valence-corrected chi connectivity index (χ2v) is 9.14. The van der Waals surface area contributed by atoms with Crippen LogP contribution in [0.1, 0.15) is 42.8 Å². The van der Waals surface area contributed by atoms with Gasteiger partial charge >= 0.3 is 6.18 Å². The van der Waals surface area contributed by atoms with Crippen molar-refractivity contribution in [2.45, 2.75) is 44.9 Å². The summed E-state index contributed by atoms with van der Waals surface area (Å²) in [6.45, 7) is 3.17. The topological polar surface area (TPSA) is 88.8 Å². The molecule has 4 rings (SSSR count). The van der Waals surface area contributed by atoms with Crippen molar-refractivity contribution in [1.29, 1.82) is 0 Å². The summed E-state index contributed by atoms with van der Waals surface area (Å²) in [6.07, 6.45) is -4.11. The summed E-state index contributed by atoms with van der Waals surface area (Å²) >= 11 is 0. The number of para-hydroxylation sites is 1. The van der Waals surface area contributed by atoms with Gasteiger partial charge in [-0.2, -0.15) is 13.2 Å². The third-order valence-electron chi connectivity index (χ3n) is 6.09. The summed E-state index contributed by atoms with van der Waals surface area (Å²) in [5, 5.41) is 1.90. The Bertz CT molecular complexity index is 1180. The molecule has 34 heavy (non-hydrogen) atoms. The molecule has 0 fully saturated rings. The molecule has 2 aromatic rings. The van der Waals surface area contributed by atoms with Crippen molar-refractivity contribution in [3.8, 4) is 5.75 Å². The van der Waals surface area contributed by atoms with E-state index in [1.54, 1.807) is 26.0 Å². The lowest BCUT2D eigenvalue weighted by atomic mass is 9.72. The van der Waals surface area contributed by atoms with E-state index in [9.17, 15) is 27.6 Å². The van der Waals surface area contributed by atoms with Crippen LogP contribution in [0.25, 0.3) is 0 Å². The number of benzene rings is 1. The summed E-state index contributed by atoms with van der Waals surface area (Å²) in [7, 11) is 1.27. The van der Waals surface area contributed by atoms with E-state index >= 15 is 0 Å². The molecule has 2 amide bonds. The molecule has 180 valence electrons. The van der Waals surface area contributed by atoms with Gasteiger partial charge in [0.1, 0.15) is 11.5 Å². The van der Waals surface area contributed by atoms with Crippen molar-refractivity contribution in [2.75, 3.05) is 7.11 Å². The number of carbonyl (C=O) groups excluding carboxylic acids is 3. The van der Waals surface area contributed by atoms with E-state index in [0.717, 1.165) is 4.90 Å². The fourth-order valence-corrected chi connectivity index (χ4v) is 4.62. The first-order valence-electron chi connectivity index (χ1n) is 10.5. The normalized spacial score (nSPS) is 22.1. The molecule has 0 saturated heterocycles. The Balaban J connectivity index is 1.88. The van der Waals surface area contributed by atoms with Gasteiger partial charge in [0, 0.05) is 12.1 Å². The molecular formula is C24H23F3N2O5. The van der Waals surface area contributed by atoms with E-state index in [-0.39, 0.29) is 42.2 Å². The van der Waals surface area contributed by atoms with Crippen LogP contribution in [0.2, 0.25) is 0 Å². The second kappa shape index (κ2) is 8.03. The zero-order valence-corrected chi connectivity index (χ0v) is 18.8. The lowest BCUT2D eigenvalue weighted by molar-refractivity contribution is -0.191. The zero-order chi connectivity index (χ0) is 24.9. The number of hydrogen-bond acceptors (Lipinski definition) is 5. The molecule has 0 spiro atoms. The van der Waals surface area contributed by atoms with E-state index in [4.69, 9.17) is 9.15 Å². The molecule has 2 heterocycles. The quantitative estimate of drug-likeness (QED) is 0.705. The summed E-state index contributed by atoms with van der Waals surface area (Å²) in [6, 6.07) is 8.75. The number of methoxy groups -OCH3 is 1. The maximum absolute atomic E-state index is 14.8. The minimum atomic E-state index is -5.29. The van der Waals surface area contributed by atoms with Crippen LogP contribution in [0.15, 0.2) is 58.3 Å². The second-order valence-electron chi connectivity index (χ2n) is 9.14. The van der Waals surface area contributed by atoms with Crippen LogP contribution in [-0.2, 0) is 16.1 Å². The Morgan fingerprint density at radius 1 is 1.15 bits per heavy atom. The number of amides is 2. The number of furan rings is 1. The van der Waals surface area contributed by atoms with Gasteiger partial charge in [0.15, 0.2) is 5.78 Å². The van der Waals surface area contributed by atoms with E-state index in [1.807, 2.05) is 5.32 Å². The molecule has 1 aromatic heterocycles. The minimum Gasteiger partial charge on any atom is -0.496 e. The van der Waals surface area contributed by atoms with E-state index in [0.29, 0.717) is 0 Å². The number of nitrogens with one attached hydrogen (secondary N) is 1. The third kappa shape index (κ3) is 3.66. The van der Waals surface area contributed by atoms with Crippen LogP contribution in [0, 0.1) is 5.41 Å². The molecule has 7 nitrogen and oxygen atoms in total. The number of ketones is 1. The van der Waals surface area contributed by atoms with Crippen LogP contribution in [0.3, 0.4) is 0 Å². The highest BCUT2D eigenvalue weighted by atomic mass is 19.4. The third-order valence-corrected chi connectivity index (χ3v) is 6.09. The fraction of sp³-hybridized carbons (Fsp3) is 0.375. The molecule has 1 aliphatic heterocycles. The van der Waals surface area contributed by atoms with Gasteiger partial charge in [-0.15, -0.1) is 0 Å².